The van der Waals surface area contributed by atoms with Crippen molar-refractivity contribution in [1.82, 2.24) is 9.96 Å². The Morgan fingerprint density at radius 3 is 2.00 bits per heavy atom. The van der Waals surface area contributed by atoms with Crippen molar-refractivity contribution in [3.05, 3.63) is 0 Å². The van der Waals surface area contributed by atoms with Gasteiger partial charge in [0.25, 0.3) is 0 Å². The molecular weight excluding hydrogens is 168 g/mol. The van der Waals surface area contributed by atoms with Crippen molar-refractivity contribution < 1.29 is 10.0 Å². The molecule has 1 fully saturated rings. The van der Waals surface area contributed by atoms with Crippen LogP contribution in [0.1, 0.15) is 27.7 Å². The number of carbonyl (C=O) groups is 1. The highest BCUT2D eigenvalue weighted by molar-refractivity contribution is 5.83. The standard InChI is InChI=1S/C9H18N2O2/c1-6-7(12)10(5)8(11(6)13)9(2,3)4/h6,8,13H,1-5H3/t6-,8-/m0/s1. The van der Waals surface area contributed by atoms with E-state index in [-0.39, 0.29) is 17.5 Å². The molecule has 0 saturated carbocycles. The highest BCUT2D eigenvalue weighted by Gasteiger charge is 2.46. The van der Waals surface area contributed by atoms with Crippen LogP contribution < -0.4 is 0 Å². The first-order valence-electron chi connectivity index (χ1n) is 4.50. The van der Waals surface area contributed by atoms with E-state index in [2.05, 4.69) is 0 Å². The van der Waals surface area contributed by atoms with Crippen LogP contribution in [0.25, 0.3) is 0 Å². The Hall–Kier alpha value is -0.610. The fraction of sp³-hybridized carbons (Fsp3) is 0.889. The van der Waals surface area contributed by atoms with Gasteiger partial charge >= 0.3 is 0 Å². The molecule has 0 unspecified atom stereocenters. The summed E-state index contributed by atoms with van der Waals surface area (Å²) >= 11 is 0. The third-order valence-corrected chi connectivity index (χ3v) is 2.49. The van der Waals surface area contributed by atoms with Crippen molar-refractivity contribution in [2.75, 3.05) is 7.05 Å². The van der Waals surface area contributed by atoms with Gasteiger partial charge in [0.05, 0.1) is 0 Å². The maximum Gasteiger partial charge on any atom is 0.243 e. The van der Waals surface area contributed by atoms with Crippen LogP contribution >= 0.6 is 0 Å². The SMILES string of the molecule is C[C@H]1C(=O)N(C)[C@H](C(C)(C)C)N1O. The smallest absolute Gasteiger partial charge is 0.243 e. The number of likely N-dealkylation sites (N-methyl/N-ethyl adjacent to an activating group) is 1. The molecule has 1 rings (SSSR count). The second-order valence-corrected chi connectivity index (χ2v) is 4.74. The zero-order valence-electron chi connectivity index (χ0n) is 8.90. The second kappa shape index (κ2) is 2.96. The Kier molecular flexibility index (Phi) is 2.38. The van der Waals surface area contributed by atoms with Crippen LogP contribution in [-0.2, 0) is 4.79 Å². The number of rotatable bonds is 0. The van der Waals surface area contributed by atoms with Crippen molar-refractivity contribution in [2.24, 2.45) is 5.41 Å². The predicted molar refractivity (Wildman–Crippen MR) is 49.1 cm³/mol. The summed E-state index contributed by atoms with van der Waals surface area (Å²) in [5.41, 5.74) is -0.135. The molecule has 76 valence electrons. The Balaban J connectivity index is 2.94. The average Bonchev–Trinajstić information content (AvgIpc) is 2.14. The van der Waals surface area contributed by atoms with Crippen molar-refractivity contribution in [2.45, 2.75) is 39.9 Å². The van der Waals surface area contributed by atoms with E-state index in [9.17, 15) is 10.0 Å². The van der Waals surface area contributed by atoms with Gasteiger partial charge in [-0.25, -0.2) is 0 Å². The lowest BCUT2D eigenvalue weighted by molar-refractivity contribution is -0.172. The van der Waals surface area contributed by atoms with Crippen molar-refractivity contribution in [3.63, 3.8) is 0 Å². The topological polar surface area (TPSA) is 43.8 Å². The Morgan fingerprint density at radius 1 is 1.38 bits per heavy atom. The Labute approximate surface area is 79.1 Å². The molecule has 0 aromatic rings. The molecule has 0 aromatic heterocycles. The Morgan fingerprint density at radius 2 is 1.85 bits per heavy atom. The van der Waals surface area contributed by atoms with Gasteiger partial charge in [0.1, 0.15) is 12.2 Å². The summed E-state index contributed by atoms with van der Waals surface area (Å²) in [7, 11) is 1.73. The summed E-state index contributed by atoms with van der Waals surface area (Å²) in [6, 6.07) is -0.422. The van der Waals surface area contributed by atoms with Crippen LogP contribution in [0.4, 0.5) is 0 Å². The normalized spacial score (nSPS) is 31.5. The number of amides is 1. The van der Waals surface area contributed by atoms with Gasteiger partial charge in [0, 0.05) is 7.05 Å². The second-order valence-electron chi connectivity index (χ2n) is 4.74. The predicted octanol–water partition coefficient (Wildman–Crippen LogP) is 0.910. The average molecular weight is 186 g/mol. The largest absolute Gasteiger partial charge is 0.326 e. The van der Waals surface area contributed by atoms with E-state index < -0.39 is 6.04 Å². The maximum atomic E-state index is 11.5. The molecule has 4 heteroatoms. The lowest BCUT2D eigenvalue weighted by atomic mass is 9.92. The summed E-state index contributed by atoms with van der Waals surface area (Å²) in [5, 5.41) is 10.8. The Bertz CT molecular complexity index is 222. The lowest BCUT2D eigenvalue weighted by Crippen LogP contribution is -2.46. The lowest BCUT2D eigenvalue weighted by Gasteiger charge is -2.35. The van der Waals surface area contributed by atoms with E-state index in [1.807, 2.05) is 20.8 Å². The van der Waals surface area contributed by atoms with E-state index in [1.54, 1.807) is 18.9 Å². The number of hydrogen-bond donors (Lipinski definition) is 1. The van der Waals surface area contributed by atoms with Gasteiger partial charge in [0.15, 0.2) is 0 Å². The zero-order valence-corrected chi connectivity index (χ0v) is 8.90. The molecule has 1 saturated heterocycles. The van der Waals surface area contributed by atoms with Gasteiger partial charge in [-0.1, -0.05) is 20.8 Å². The summed E-state index contributed by atoms with van der Waals surface area (Å²) in [4.78, 5) is 13.1. The molecule has 1 N–H and O–H groups in total. The van der Waals surface area contributed by atoms with E-state index in [0.29, 0.717) is 0 Å². The monoisotopic (exact) mass is 186 g/mol. The van der Waals surface area contributed by atoms with E-state index in [4.69, 9.17) is 0 Å². The van der Waals surface area contributed by atoms with Gasteiger partial charge in [-0.3, -0.25) is 4.79 Å². The highest BCUT2D eigenvalue weighted by Crippen LogP contribution is 2.31. The van der Waals surface area contributed by atoms with Gasteiger partial charge in [-0.2, -0.15) is 5.06 Å². The van der Waals surface area contributed by atoms with E-state index in [1.165, 1.54) is 0 Å². The number of hydroxylamine groups is 2. The molecule has 0 spiro atoms. The first kappa shape index (κ1) is 10.5. The molecule has 1 aliphatic rings. The van der Waals surface area contributed by atoms with Gasteiger partial charge in [-0.15, -0.1) is 0 Å². The van der Waals surface area contributed by atoms with Crippen LogP contribution in [-0.4, -0.2) is 40.3 Å². The fourth-order valence-corrected chi connectivity index (χ4v) is 1.90. The minimum Gasteiger partial charge on any atom is -0.326 e. The number of nitrogens with zero attached hydrogens (tertiary/aromatic N) is 2. The molecule has 1 amide bonds. The third-order valence-electron chi connectivity index (χ3n) is 2.49. The molecule has 0 bridgehead atoms. The van der Waals surface area contributed by atoms with Crippen molar-refractivity contribution in [1.29, 1.82) is 0 Å². The fourth-order valence-electron chi connectivity index (χ4n) is 1.90. The minimum absolute atomic E-state index is 0.0255. The summed E-state index contributed by atoms with van der Waals surface area (Å²) in [6.07, 6.45) is -0.227. The molecule has 0 radical (unpaired) electrons. The molecule has 1 heterocycles. The van der Waals surface area contributed by atoms with Crippen LogP contribution in [0.3, 0.4) is 0 Å². The molecular formula is C9H18N2O2. The molecule has 0 aliphatic carbocycles. The highest BCUT2D eigenvalue weighted by atomic mass is 16.5. The maximum absolute atomic E-state index is 11.5. The molecule has 1 aliphatic heterocycles. The van der Waals surface area contributed by atoms with E-state index >= 15 is 0 Å². The summed E-state index contributed by atoms with van der Waals surface area (Å²) in [6.45, 7) is 7.72. The molecule has 2 atom stereocenters. The van der Waals surface area contributed by atoms with Gasteiger partial charge < -0.3 is 10.1 Å². The van der Waals surface area contributed by atoms with Crippen molar-refractivity contribution in [3.8, 4) is 0 Å². The van der Waals surface area contributed by atoms with Crippen molar-refractivity contribution >= 4 is 5.91 Å². The molecule has 13 heavy (non-hydrogen) atoms. The van der Waals surface area contributed by atoms with E-state index in [0.717, 1.165) is 5.06 Å². The summed E-state index contributed by atoms with van der Waals surface area (Å²) < 4.78 is 0. The first-order valence-corrected chi connectivity index (χ1v) is 4.50. The van der Waals surface area contributed by atoms with Crippen LogP contribution in [0.5, 0.6) is 0 Å². The zero-order chi connectivity index (χ0) is 10.4. The summed E-state index contributed by atoms with van der Waals surface area (Å²) in [5.74, 6) is -0.0255. The quantitative estimate of drug-likeness (QED) is 0.611. The minimum atomic E-state index is -0.422. The van der Waals surface area contributed by atoms with Crippen LogP contribution in [0, 0.1) is 5.41 Å². The number of hydrogen-bond acceptors (Lipinski definition) is 3. The molecule has 4 nitrogen and oxygen atoms in total. The first-order chi connectivity index (χ1) is 5.76. The number of carbonyl (C=O) groups excluding carboxylic acids is 1. The van der Waals surface area contributed by atoms with Crippen LogP contribution in [0.2, 0.25) is 0 Å². The molecule has 0 aromatic carbocycles. The van der Waals surface area contributed by atoms with Gasteiger partial charge in [-0.05, 0) is 12.3 Å². The van der Waals surface area contributed by atoms with Crippen LogP contribution in [0.15, 0.2) is 0 Å². The third kappa shape index (κ3) is 1.56. The van der Waals surface area contributed by atoms with Gasteiger partial charge in [0.2, 0.25) is 5.91 Å².